The first-order valence-electron chi connectivity index (χ1n) is 8.81. The zero-order valence-electron chi connectivity index (χ0n) is 15.6. The highest BCUT2D eigenvalue weighted by Crippen LogP contribution is 2.16. The van der Waals surface area contributed by atoms with E-state index in [0.29, 0.717) is 23.7 Å². The predicted octanol–water partition coefficient (Wildman–Crippen LogP) is 3.96. The lowest BCUT2D eigenvalue weighted by molar-refractivity contribution is 0.0526. The number of esters is 1. The van der Waals surface area contributed by atoms with Gasteiger partial charge in [0.25, 0.3) is 5.91 Å². The van der Waals surface area contributed by atoms with Crippen LogP contribution in [0.4, 0.5) is 17.2 Å². The van der Waals surface area contributed by atoms with Crippen LogP contribution >= 0.6 is 0 Å². The molecule has 0 aliphatic heterocycles. The number of nitrogens with zero attached hydrogens (tertiary/aromatic N) is 2. The second kappa shape index (κ2) is 8.77. The fourth-order valence-corrected chi connectivity index (χ4v) is 2.49. The van der Waals surface area contributed by atoms with Crippen LogP contribution in [0.1, 0.15) is 33.3 Å². The zero-order valence-corrected chi connectivity index (χ0v) is 15.6. The molecule has 0 fully saturated rings. The SMILES string of the molecule is CCOC(=O)c1ccc(NC(=O)c2ccc(Nc3cccc(C)c3)nn2)cc1. The Kier molecular flexibility index (Phi) is 5.96. The van der Waals surface area contributed by atoms with Crippen molar-refractivity contribution in [2.45, 2.75) is 13.8 Å². The molecule has 0 saturated heterocycles. The Labute approximate surface area is 162 Å². The molecule has 0 spiro atoms. The summed E-state index contributed by atoms with van der Waals surface area (Å²) in [6, 6.07) is 17.6. The van der Waals surface area contributed by atoms with Gasteiger partial charge in [0.2, 0.25) is 0 Å². The third kappa shape index (κ3) is 4.91. The Morgan fingerprint density at radius 3 is 2.39 bits per heavy atom. The van der Waals surface area contributed by atoms with Crippen LogP contribution < -0.4 is 10.6 Å². The van der Waals surface area contributed by atoms with Crippen LogP contribution in [0, 0.1) is 6.92 Å². The van der Waals surface area contributed by atoms with Crippen LogP contribution in [0.25, 0.3) is 0 Å². The fourth-order valence-electron chi connectivity index (χ4n) is 2.49. The Morgan fingerprint density at radius 2 is 1.75 bits per heavy atom. The average Bonchev–Trinajstić information content (AvgIpc) is 2.69. The van der Waals surface area contributed by atoms with Crippen molar-refractivity contribution < 1.29 is 14.3 Å². The van der Waals surface area contributed by atoms with Gasteiger partial charge in [-0.25, -0.2) is 4.79 Å². The van der Waals surface area contributed by atoms with Crippen molar-refractivity contribution in [1.29, 1.82) is 0 Å². The molecule has 28 heavy (non-hydrogen) atoms. The number of anilines is 3. The van der Waals surface area contributed by atoms with Crippen molar-refractivity contribution in [2.24, 2.45) is 0 Å². The minimum Gasteiger partial charge on any atom is -0.462 e. The van der Waals surface area contributed by atoms with Crippen LogP contribution in [-0.4, -0.2) is 28.7 Å². The standard InChI is InChI=1S/C21H20N4O3/c1-3-28-21(27)15-7-9-16(10-8-15)23-20(26)18-11-12-19(25-24-18)22-17-6-4-5-14(2)13-17/h4-13H,3H2,1-2H3,(H,22,25)(H,23,26). The molecule has 0 saturated carbocycles. The quantitative estimate of drug-likeness (QED) is 0.633. The van der Waals surface area contributed by atoms with Gasteiger partial charge in [-0.1, -0.05) is 12.1 Å². The zero-order chi connectivity index (χ0) is 19.9. The Balaban J connectivity index is 1.62. The van der Waals surface area contributed by atoms with E-state index in [2.05, 4.69) is 20.8 Å². The highest BCUT2D eigenvalue weighted by Gasteiger charge is 2.10. The van der Waals surface area contributed by atoms with Crippen LogP contribution in [-0.2, 0) is 4.74 Å². The second-order valence-electron chi connectivity index (χ2n) is 6.05. The lowest BCUT2D eigenvalue weighted by atomic mass is 10.2. The molecule has 0 aliphatic rings. The Hall–Kier alpha value is -3.74. The molecule has 2 N–H and O–H groups in total. The summed E-state index contributed by atoms with van der Waals surface area (Å²) in [6.07, 6.45) is 0. The topological polar surface area (TPSA) is 93.2 Å². The molecule has 2 aromatic carbocycles. The van der Waals surface area contributed by atoms with E-state index >= 15 is 0 Å². The molecule has 0 unspecified atom stereocenters. The summed E-state index contributed by atoms with van der Waals surface area (Å²) < 4.78 is 4.93. The number of aryl methyl sites for hydroxylation is 1. The first kappa shape index (κ1) is 19.0. The second-order valence-corrected chi connectivity index (χ2v) is 6.05. The molecule has 7 heteroatoms. The lowest BCUT2D eigenvalue weighted by Crippen LogP contribution is -2.14. The van der Waals surface area contributed by atoms with Gasteiger partial charge in [-0.15, -0.1) is 10.2 Å². The van der Waals surface area contributed by atoms with E-state index in [1.54, 1.807) is 43.3 Å². The van der Waals surface area contributed by atoms with E-state index in [-0.39, 0.29) is 5.69 Å². The number of rotatable bonds is 6. The van der Waals surface area contributed by atoms with Gasteiger partial charge in [0.15, 0.2) is 11.5 Å². The van der Waals surface area contributed by atoms with Crippen LogP contribution in [0.5, 0.6) is 0 Å². The van der Waals surface area contributed by atoms with Crippen LogP contribution in [0.3, 0.4) is 0 Å². The number of hydrogen-bond donors (Lipinski definition) is 2. The first-order chi connectivity index (χ1) is 13.5. The monoisotopic (exact) mass is 376 g/mol. The summed E-state index contributed by atoms with van der Waals surface area (Å²) in [7, 11) is 0. The summed E-state index contributed by atoms with van der Waals surface area (Å²) in [5, 5.41) is 13.9. The predicted molar refractivity (Wildman–Crippen MR) is 107 cm³/mol. The molecular weight excluding hydrogens is 356 g/mol. The normalized spacial score (nSPS) is 10.2. The summed E-state index contributed by atoms with van der Waals surface area (Å²) in [5.41, 5.74) is 3.17. The van der Waals surface area contributed by atoms with E-state index in [9.17, 15) is 9.59 Å². The van der Waals surface area contributed by atoms with Crippen molar-refractivity contribution in [2.75, 3.05) is 17.2 Å². The minimum absolute atomic E-state index is 0.185. The number of ether oxygens (including phenoxy) is 1. The van der Waals surface area contributed by atoms with Gasteiger partial charge in [0, 0.05) is 11.4 Å². The minimum atomic E-state index is -0.400. The molecule has 3 aromatic rings. The van der Waals surface area contributed by atoms with Crippen molar-refractivity contribution >= 4 is 29.1 Å². The molecule has 142 valence electrons. The molecule has 0 aliphatic carbocycles. The van der Waals surface area contributed by atoms with Crippen LogP contribution in [0.2, 0.25) is 0 Å². The van der Waals surface area contributed by atoms with Crippen molar-refractivity contribution in [1.82, 2.24) is 10.2 Å². The largest absolute Gasteiger partial charge is 0.462 e. The van der Waals surface area contributed by atoms with Gasteiger partial charge in [0.1, 0.15) is 0 Å². The van der Waals surface area contributed by atoms with Gasteiger partial charge in [-0.3, -0.25) is 4.79 Å². The number of nitrogens with one attached hydrogen (secondary N) is 2. The van der Waals surface area contributed by atoms with E-state index in [1.807, 2.05) is 31.2 Å². The Morgan fingerprint density at radius 1 is 0.964 bits per heavy atom. The van der Waals surface area contributed by atoms with Gasteiger partial charge in [0.05, 0.1) is 12.2 Å². The number of carbonyl (C=O) groups is 2. The number of aromatic nitrogens is 2. The third-order valence-corrected chi connectivity index (χ3v) is 3.84. The average molecular weight is 376 g/mol. The molecule has 0 atom stereocenters. The number of hydrogen-bond acceptors (Lipinski definition) is 6. The van der Waals surface area contributed by atoms with Gasteiger partial charge in [-0.05, 0) is 67.9 Å². The molecule has 1 aromatic heterocycles. The van der Waals surface area contributed by atoms with Crippen molar-refractivity contribution in [3.05, 3.63) is 77.5 Å². The van der Waals surface area contributed by atoms with Crippen molar-refractivity contribution in [3.63, 3.8) is 0 Å². The molecule has 0 bridgehead atoms. The van der Waals surface area contributed by atoms with Crippen molar-refractivity contribution in [3.8, 4) is 0 Å². The lowest BCUT2D eigenvalue weighted by Gasteiger charge is -2.08. The first-order valence-corrected chi connectivity index (χ1v) is 8.81. The van der Waals surface area contributed by atoms with E-state index in [0.717, 1.165) is 11.3 Å². The maximum atomic E-state index is 12.3. The van der Waals surface area contributed by atoms with Gasteiger partial charge in [-0.2, -0.15) is 0 Å². The fraction of sp³-hybridized carbons (Fsp3) is 0.143. The highest BCUT2D eigenvalue weighted by molar-refractivity contribution is 6.03. The number of carbonyl (C=O) groups excluding carboxylic acids is 2. The highest BCUT2D eigenvalue weighted by atomic mass is 16.5. The maximum Gasteiger partial charge on any atom is 0.338 e. The Bertz CT molecular complexity index is 970. The molecule has 1 heterocycles. The smallest absolute Gasteiger partial charge is 0.338 e. The summed E-state index contributed by atoms with van der Waals surface area (Å²) in [6.45, 7) is 4.06. The van der Waals surface area contributed by atoms with Crippen LogP contribution in [0.15, 0.2) is 60.7 Å². The maximum absolute atomic E-state index is 12.3. The van der Waals surface area contributed by atoms with E-state index in [1.165, 1.54) is 0 Å². The van der Waals surface area contributed by atoms with Gasteiger partial charge < -0.3 is 15.4 Å². The third-order valence-electron chi connectivity index (χ3n) is 3.84. The molecule has 7 nitrogen and oxygen atoms in total. The van der Waals surface area contributed by atoms with E-state index < -0.39 is 11.9 Å². The molecule has 1 amide bonds. The van der Waals surface area contributed by atoms with E-state index in [4.69, 9.17) is 4.74 Å². The molecule has 0 radical (unpaired) electrons. The van der Waals surface area contributed by atoms with Gasteiger partial charge >= 0.3 is 5.97 Å². The number of benzene rings is 2. The molecular formula is C21H20N4O3. The summed E-state index contributed by atoms with van der Waals surface area (Å²) >= 11 is 0. The summed E-state index contributed by atoms with van der Waals surface area (Å²) in [4.78, 5) is 24.0. The summed E-state index contributed by atoms with van der Waals surface area (Å²) in [5.74, 6) is -0.248. The molecule has 3 rings (SSSR count). The number of amides is 1.